The molecule has 34 heavy (non-hydrogen) atoms. The van der Waals surface area contributed by atoms with Gasteiger partial charge in [-0.15, -0.1) is 0 Å². The van der Waals surface area contributed by atoms with Gasteiger partial charge in [0.2, 0.25) is 11.8 Å². The lowest BCUT2D eigenvalue weighted by Gasteiger charge is -2.24. The van der Waals surface area contributed by atoms with Crippen LogP contribution < -0.4 is 15.5 Å². The summed E-state index contributed by atoms with van der Waals surface area (Å²) in [5.74, 6) is 0.322. The number of amides is 2. The maximum absolute atomic E-state index is 12.9. The lowest BCUT2D eigenvalue weighted by molar-refractivity contribution is -0.125. The van der Waals surface area contributed by atoms with Crippen LogP contribution in [0.5, 0.6) is 0 Å². The van der Waals surface area contributed by atoms with Crippen LogP contribution in [-0.2, 0) is 16.1 Å². The maximum atomic E-state index is 12.9. The minimum absolute atomic E-state index is 0.150. The highest BCUT2D eigenvalue weighted by Gasteiger charge is 2.26. The van der Waals surface area contributed by atoms with E-state index in [1.165, 1.54) is 18.0 Å². The van der Waals surface area contributed by atoms with Crippen LogP contribution in [0.1, 0.15) is 17.5 Å². The zero-order valence-electron chi connectivity index (χ0n) is 19.0. The SMILES string of the molecule is N=CCN(C[C@@H]1CCN(c2ccccc2)C1)C(=O)/C=C/c1cnc2c(c1)CNC(CO)C(=O)N2. The van der Waals surface area contributed by atoms with E-state index in [1.807, 2.05) is 24.3 Å². The number of rotatable bonds is 8. The largest absolute Gasteiger partial charge is 0.394 e. The van der Waals surface area contributed by atoms with Crippen molar-refractivity contribution >= 4 is 35.6 Å². The average Bonchev–Trinajstić information content (AvgIpc) is 3.26. The number of pyridine rings is 1. The molecule has 2 atom stereocenters. The van der Waals surface area contributed by atoms with E-state index in [1.54, 1.807) is 17.2 Å². The van der Waals surface area contributed by atoms with Gasteiger partial charge in [0.25, 0.3) is 0 Å². The fraction of sp³-hybridized carbons (Fsp3) is 0.360. The van der Waals surface area contributed by atoms with E-state index >= 15 is 0 Å². The minimum Gasteiger partial charge on any atom is -0.394 e. The molecule has 1 aromatic carbocycles. The zero-order chi connectivity index (χ0) is 23.9. The second kappa shape index (κ2) is 11.0. The fourth-order valence-electron chi connectivity index (χ4n) is 4.35. The van der Waals surface area contributed by atoms with Gasteiger partial charge in [-0.05, 0) is 42.2 Å². The van der Waals surface area contributed by atoms with Crippen LogP contribution in [0.2, 0.25) is 0 Å². The maximum Gasteiger partial charge on any atom is 0.246 e. The molecule has 0 radical (unpaired) electrons. The molecule has 1 saturated heterocycles. The number of benzene rings is 1. The molecule has 0 saturated carbocycles. The smallest absolute Gasteiger partial charge is 0.246 e. The molecule has 1 fully saturated rings. The van der Waals surface area contributed by atoms with Gasteiger partial charge in [-0.25, -0.2) is 4.98 Å². The van der Waals surface area contributed by atoms with Crippen LogP contribution in [0, 0.1) is 11.3 Å². The van der Waals surface area contributed by atoms with Crippen LogP contribution in [-0.4, -0.2) is 71.8 Å². The summed E-state index contributed by atoms with van der Waals surface area (Å²) in [6.45, 7) is 2.79. The number of aliphatic hydroxyl groups is 1. The van der Waals surface area contributed by atoms with Gasteiger partial charge in [0, 0.05) is 55.9 Å². The third-order valence-electron chi connectivity index (χ3n) is 6.19. The lowest BCUT2D eigenvalue weighted by Crippen LogP contribution is -2.40. The Labute approximate surface area is 199 Å². The summed E-state index contributed by atoms with van der Waals surface area (Å²) in [5.41, 5.74) is 2.71. The summed E-state index contributed by atoms with van der Waals surface area (Å²) in [6, 6.07) is 11.4. The minimum atomic E-state index is -0.683. The van der Waals surface area contributed by atoms with Crippen molar-refractivity contribution in [2.75, 3.05) is 43.0 Å². The zero-order valence-corrected chi connectivity index (χ0v) is 19.0. The number of anilines is 2. The predicted molar refractivity (Wildman–Crippen MR) is 132 cm³/mol. The van der Waals surface area contributed by atoms with E-state index < -0.39 is 6.04 Å². The van der Waals surface area contributed by atoms with Gasteiger partial charge in [-0.2, -0.15) is 0 Å². The van der Waals surface area contributed by atoms with E-state index in [2.05, 4.69) is 32.7 Å². The molecule has 0 aliphatic carbocycles. The van der Waals surface area contributed by atoms with Gasteiger partial charge in [-0.3, -0.25) is 14.9 Å². The Morgan fingerprint density at radius 2 is 2.15 bits per heavy atom. The quantitative estimate of drug-likeness (QED) is 0.349. The van der Waals surface area contributed by atoms with Crippen LogP contribution in [0.3, 0.4) is 0 Å². The Hall–Kier alpha value is -3.56. The molecule has 4 rings (SSSR count). The van der Waals surface area contributed by atoms with Gasteiger partial charge in [0.15, 0.2) is 0 Å². The highest BCUT2D eigenvalue weighted by molar-refractivity contribution is 5.96. The highest BCUT2D eigenvalue weighted by atomic mass is 16.3. The third kappa shape index (κ3) is 5.67. The van der Waals surface area contributed by atoms with E-state index in [0.717, 1.165) is 30.6 Å². The number of carbonyl (C=O) groups is 2. The molecule has 2 aliphatic rings. The molecule has 9 heteroatoms. The van der Waals surface area contributed by atoms with Gasteiger partial charge < -0.3 is 25.6 Å². The lowest BCUT2D eigenvalue weighted by atomic mass is 10.1. The first-order valence-electron chi connectivity index (χ1n) is 11.5. The molecule has 2 aliphatic heterocycles. The molecule has 2 aromatic rings. The van der Waals surface area contributed by atoms with Gasteiger partial charge in [0.1, 0.15) is 11.9 Å². The first-order valence-corrected chi connectivity index (χ1v) is 11.5. The number of nitrogens with zero attached hydrogens (tertiary/aromatic N) is 3. The second-order valence-corrected chi connectivity index (χ2v) is 8.60. The summed E-state index contributed by atoms with van der Waals surface area (Å²) in [4.78, 5) is 33.3. The number of nitrogens with one attached hydrogen (secondary N) is 3. The molecular weight excluding hydrogens is 432 g/mol. The summed E-state index contributed by atoms with van der Waals surface area (Å²) in [5, 5.41) is 22.5. The summed E-state index contributed by atoms with van der Waals surface area (Å²) < 4.78 is 0. The Morgan fingerprint density at radius 3 is 2.91 bits per heavy atom. The van der Waals surface area contributed by atoms with Crippen molar-refractivity contribution in [1.82, 2.24) is 15.2 Å². The van der Waals surface area contributed by atoms with Gasteiger partial charge >= 0.3 is 0 Å². The average molecular weight is 463 g/mol. The second-order valence-electron chi connectivity index (χ2n) is 8.60. The number of carbonyl (C=O) groups excluding carboxylic acids is 2. The molecule has 178 valence electrons. The number of aliphatic hydroxyl groups excluding tert-OH is 1. The summed E-state index contributed by atoms with van der Waals surface area (Å²) in [6.07, 6.45) is 7.07. The van der Waals surface area contributed by atoms with E-state index in [4.69, 9.17) is 5.41 Å². The Kier molecular flexibility index (Phi) is 7.66. The molecular formula is C25H30N6O3. The summed E-state index contributed by atoms with van der Waals surface area (Å²) in [7, 11) is 0. The number of para-hydroxylation sites is 1. The Bertz CT molecular complexity index is 1060. The van der Waals surface area contributed by atoms with Gasteiger partial charge in [-0.1, -0.05) is 18.2 Å². The van der Waals surface area contributed by atoms with E-state index in [0.29, 0.717) is 24.8 Å². The third-order valence-corrected chi connectivity index (χ3v) is 6.19. The highest BCUT2D eigenvalue weighted by Crippen LogP contribution is 2.24. The molecule has 9 nitrogen and oxygen atoms in total. The van der Waals surface area contributed by atoms with Crippen LogP contribution in [0.4, 0.5) is 11.5 Å². The predicted octanol–water partition coefficient (Wildman–Crippen LogP) is 1.50. The molecule has 0 spiro atoms. The number of fused-ring (bicyclic) bond motifs is 1. The molecule has 1 aromatic heterocycles. The fourth-order valence-corrected chi connectivity index (χ4v) is 4.35. The van der Waals surface area contributed by atoms with Crippen molar-refractivity contribution in [1.29, 1.82) is 5.41 Å². The first-order chi connectivity index (χ1) is 16.6. The monoisotopic (exact) mass is 462 g/mol. The van der Waals surface area contributed by atoms with Gasteiger partial charge in [0.05, 0.1) is 13.2 Å². The van der Waals surface area contributed by atoms with E-state index in [-0.39, 0.29) is 25.0 Å². The molecule has 4 N–H and O–H groups in total. The van der Waals surface area contributed by atoms with Crippen LogP contribution in [0.25, 0.3) is 6.08 Å². The van der Waals surface area contributed by atoms with Crippen molar-refractivity contribution < 1.29 is 14.7 Å². The van der Waals surface area contributed by atoms with Crippen LogP contribution in [0.15, 0.2) is 48.7 Å². The number of hydrogen-bond donors (Lipinski definition) is 4. The first kappa shape index (κ1) is 23.6. The van der Waals surface area contributed by atoms with Crippen molar-refractivity contribution in [3.8, 4) is 0 Å². The Balaban J connectivity index is 1.38. The normalized spacial score (nSPS) is 20.0. The number of hydrogen-bond acceptors (Lipinski definition) is 7. The summed E-state index contributed by atoms with van der Waals surface area (Å²) >= 11 is 0. The Morgan fingerprint density at radius 1 is 1.32 bits per heavy atom. The number of aromatic nitrogens is 1. The molecule has 0 bridgehead atoms. The van der Waals surface area contributed by atoms with Crippen molar-refractivity contribution in [3.63, 3.8) is 0 Å². The topological polar surface area (TPSA) is 122 Å². The van der Waals surface area contributed by atoms with E-state index in [9.17, 15) is 14.7 Å². The standard InChI is InChI=1S/C25H30N6O3/c26-9-11-31(16-19-8-10-30(15-19)21-4-2-1-3-5-21)23(33)7-6-18-12-20-14-27-22(17-32)25(34)29-24(20)28-13-18/h1-7,9,12-13,19,22,26-27,32H,8,10-11,14-17H2,(H,28,29,34)/b7-6+,26-9?/t19-,22?/m1/s1. The van der Waals surface area contributed by atoms with Crippen molar-refractivity contribution in [3.05, 3.63) is 59.8 Å². The molecule has 2 amide bonds. The van der Waals surface area contributed by atoms with Crippen LogP contribution >= 0.6 is 0 Å². The van der Waals surface area contributed by atoms with Crippen molar-refractivity contribution in [2.24, 2.45) is 5.92 Å². The van der Waals surface area contributed by atoms with Crippen molar-refractivity contribution in [2.45, 2.75) is 19.0 Å². The molecule has 1 unspecified atom stereocenters. The molecule has 3 heterocycles.